The van der Waals surface area contributed by atoms with Crippen LogP contribution in [0.1, 0.15) is 35.7 Å². The summed E-state index contributed by atoms with van der Waals surface area (Å²) < 4.78 is 16.8. The maximum Gasteiger partial charge on any atom is 0.303 e. The van der Waals surface area contributed by atoms with Crippen LogP contribution < -0.4 is 0 Å². The van der Waals surface area contributed by atoms with Gasteiger partial charge in [-0.15, -0.1) is 29.3 Å². The third-order valence-electron chi connectivity index (χ3n) is 4.89. The van der Waals surface area contributed by atoms with E-state index in [4.69, 9.17) is 28.9 Å². The average molecular weight is 441 g/mol. The minimum absolute atomic E-state index is 0. The summed E-state index contributed by atoms with van der Waals surface area (Å²) in [5, 5.41) is 9.28. The number of hydrogen-bond donors (Lipinski definition) is 2. The number of aromatic amines is 1. The fourth-order valence-corrected chi connectivity index (χ4v) is 4.24. The predicted molar refractivity (Wildman–Crippen MR) is 84.9 cm³/mol. The number of carbonyl (C=O) groups is 1. The number of halogens is 2. The predicted octanol–water partition coefficient (Wildman–Crippen LogP) is 3.59. The van der Waals surface area contributed by atoms with Crippen molar-refractivity contribution >= 4 is 29.8 Å². The van der Waals surface area contributed by atoms with Crippen molar-refractivity contribution < 1.29 is 47.0 Å². The maximum absolute atomic E-state index is 14.3. The number of carboxylic acids is 1. The van der Waals surface area contributed by atoms with E-state index in [1.54, 1.807) is 0 Å². The van der Waals surface area contributed by atoms with Crippen LogP contribution in [-0.4, -0.2) is 20.6 Å². The monoisotopic (exact) mass is 440 g/mol. The number of rotatable bonds is 4. The molecule has 2 N–H and O–H groups in total. The van der Waals surface area contributed by atoms with E-state index in [1.807, 2.05) is 4.57 Å². The molecule has 0 spiro atoms. The van der Waals surface area contributed by atoms with Crippen molar-refractivity contribution in [1.82, 2.24) is 9.55 Å². The summed E-state index contributed by atoms with van der Waals surface area (Å²) >= 11 is 11.3. The van der Waals surface area contributed by atoms with Crippen LogP contribution in [0.5, 0.6) is 0 Å². The van der Waals surface area contributed by atoms with Crippen molar-refractivity contribution in [3.05, 3.63) is 50.8 Å². The first-order valence-corrected chi connectivity index (χ1v) is 8.12. The third kappa shape index (κ3) is 2.72. The fraction of sp³-hybridized carbons (Fsp3) is 0.375. The van der Waals surface area contributed by atoms with Gasteiger partial charge >= 0.3 is 5.97 Å². The molecule has 2 aromatic rings. The molecular formula is C16H13ClFN2O2SY-. The van der Waals surface area contributed by atoms with E-state index in [0.717, 1.165) is 17.8 Å². The second-order valence-corrected chi connectivity index (χ2v) is 7.01. The number of hydrogen-bond acceptors (Lipinski definition) is 2. The Hall–Kier alpha value is -0.556. The summed E-state index contributed by atoms with van der Waals surface area (Å²) in [5.41, 5.74) is 2.04. The van der Waals surface area contributed by atoms with Crippen LogP contribution in [0.25, 0.3) is 0 Å². The molecule has 2 heterocycles. The number of benzene rings is 1. The number of nitrogens with one attached hydrogen (secondary N) is 1. The van der Waals surface area contributed by atoms with Crippen LogP contribution in [0.2, 0.25) is 5.02 Å². The first kappa shape index (κ1) is 18.2. The summed E-state index contributed by atoms with van der Waals surface area (Å²) in [7, 11) is 0. The molecule has 4 rings (SSSR count). The molecule has 1 aliphatic carbocycles. The Morgan fingerprint density at radius 3 is 3.04 bits per heavy atom. The van der Waals surface area contributed by atoms with Gasteiger partial charge in [-0.3, -0.25) is 9.18 Å². The molecule has 123 valence electrons. The second kappa shape index (κ2) is 6.31. The van der Waals surface area contributed by atoms with Crippen LogP contribution in [0.4, 0.5) is 4.39 Å². The first-order valence-electron chi connectivity index (χ1n) is 7.33. The molecule has 2 aliphatic rings. The van der Waals surface area contributed by atoms with Crippen molar-refractivity contribution in [2.45, 2.75) is 37.1 Å². The molecule has 2 atom stereocenters. The van der Waals surface area contributed by atoms with E-state index < -0.39 is 5.97 Å². The van der Waals surface area contributed by atoms with Gasteiger partial charge in [0, 0.05) is 67.8 Å². The molecule has 1 saturated carbocycles. The van der Waals surface area contributed by atoms with Crippen LogP contribution in [-0.2, 0) is 55.9 Å². The standard InChI is InChI=1S/C16H13ClFN2O2S.Y/c17-8-1-2-11(18)9(5-8)16-6-10(16)14-12(3-4-13(21)22)19-15(23)20(14)7-16;/h1-2,10H,3-4,6-7H2,(H,19,23)(H,21,22);/q-1;/t10-,16+;/m0./s1. The van der Waals surface area contributed by atoms with Gasteiger partial charge in [-0.25, -0.2) is 0 Å². The number of aromatic nitrogens is 2. The summed E-state index contributed by atoms with van der Waals surface area (Å²) in [6.07, 6.45) is 1.25. The Morgan fingerprint density at radius 1 is 1.58 bits per heavy atom. The topological polar surface area (TPSA) is 58.0 Å². The molecule has 0 amide bonds. The van der Waals surface area contributed by atoms with Crippen LogP contribution in [0.15, 0.2) is 12.1 Å². The van der Waals surface area contributed by atoms with Gasteiger partial charge in [0.25, 0.3) is 0 Å². The Bertz CT molecular complexity index is 897. The first-order chi connectivity index (χ1) is 10.9. The van der Waals surface area contributed by atoms with Gasteiger partial charge < -0.3 is 14.7 Å². The molecule has 1 fully saturated rings. The summed E-state index contributed by atoms with van der Waals surface area (Å²) in [6, 6.07) is 5.82. The number of aryl methyl sites for hydroxylation is 1. The number of fused-ring (bicyclic) bond motifs is 3. The zero-order chi connectivity index (χ0) is 16.4. The summed E-state index contributed by atoms with van der Waals surface area (Å²) in [4.78, 5) is 13.9. The van der Waals surface area contributed by atoms with Crippen molar-refractivity contribution in [3.8, 4) is 0 Å². The van der Waals surface area contributed by atoms with E-state index in [2.05, 4.69) is 11.1 Å². The maximum atomic E-state index is 14.3. The van der Waals surface area contributed by atoms with E-state index in [-0.39, 0.29) is 56.3 Å². The van der Waals surface area contributed by atoms with Gasteiger partial charge in [-0.1, -0.05) is 5.02 Å². The van der Waals surface area contributed by atoms with Gasteiger partial charge in [-0.05, 0) is 25.1 Å². The third-order valence-corrected chi connectivity index (χ3v) is 5.44. The molecule has 0 bridgehead atoms. The SMILES string of the molecule is O=C(O)CCc1[nH]c(=S)n2c1[C@@H]1C[C@]1(c1[c-]c(Cl)ccc1F)C2.[Y]. The molecular weight excluding hydrogens is 428 g/mol. The molecule has 1 aromatic heterocycles. The van der Waals surface area contributed by atoms with E-state index in [0.29, 0.717) is 28.3 Å². The Morgan fingerprint density at radius 2 is 2.33 bits per heavy atom. The smallest absolute Gasteiger partial charge is 0.303 e. The fourth-order valence-electron chi connectivity index (χ4n) is 3.80. The molecule has 0 unspecified atom stereocenters. The largest absolute Gasteiger partial charge is 0.481 e. The van der Waals surface area contributed by atoms with Crippen molar-refractivity contribution in [1.29, 1.82) is 0 Å². The van der Waals surface area contributed by atoms with Crippen molar-refractivity contribution in [2.24, 2.45) is 0 Å². The normalized spacial score (nSPS) is 23.3. The summed E-state index contributed by atoms with van der Waals surface area (Å²) in [5.74, 6) is -1.01. The zero-order valence-electron chi connectivity index (χ0n) is 12.6. The minimum atomic E-state index is -0.849. The number of aliphatic carboxylic acids is 1. The number of nitrogens with zero attached hydrogens (tertiary/aromatic N) is 1. The van der Waals surface area contributed by atoms with Gasteiger partial charge in [0.1, 0.15) is 0 Å². The quantitative estimate of drug-likeness (QED) is 0.564. The Kier molecular flexibility index (Phi) is 4.80. The van der Waals surface area contributed by atoms with E-state index >= 15 is 0 Å². The summed E-state index contributed by atoms with van der Waals surface area (Å²) in [6.45, 7) is 0.586. The van der Waals surface area contributed by atoms with Gasteiger partial charge in [0.2, 0.25) is 0 Å². The van der Waals surface area contributed by atoms with Crippen molar-refractivity contribution in [3.63, 3.8) is 0 Å². The second-order valence-electron chi connectivity index (χ2n) is 6.22. The van der Waals surface area contributed by atoms with Crippen LogP contribution >= 0.6 is 23.8 Å². The van der Waals surface area contributed by atoms with E-state index in [9.17, 15) is 9.18 Å². The molecule has 0 saturated heterocycles. The zero-order valence-corrected chi connectivity index (χ0v) is 17.0. The Labute approximate surface area is 173 Å². The number of carboxylic acid groups (broad SMARTS) is 1. The molecule has 1 aromatic carbocycles. The molecule has 1 radical (unpaired) electrons. The van der Waals surface area contributed by atoms with Gasteiger partial charge in [-0.2, -0.15) is 6.07 Å². The minimum Gasteiger partial charge on any atom is -0.481 e. The van der Waals surface area contributed by atoms with Gasteiger partial charge in [0.15, 0.2) is 4.77 Å². The van der Waals surface area contributed by atoms with Crippen molar-refractivity contribution in [2.75, 3.05) is 0 Å². The van der Waals surface area contributed by atoms with Gasteiger partial charge in [0.05, 0.1) is 6.42 Å². The molecule has 24 heavy (non-hydrogen) atoms. The van der Waals surface area contributed by atoms with Crippen LogP contribution in [0.3, 0.4) is 0 Å². The average Bonchev–Trinajstić information content (AvgIpc) is 2.99. The molecule has 1 aliphatic heterocycles. The number of H-pyrrole nitrogens is 1. The molecule has 4 nitrogen and oxygen atoms in total. The van der Waals surface area contributed by atoms with E-state index in [1.165, 1.54) is 12.1 Å². The van der Waals surface area contributed by atoms with Crippen LogP contribution in [0, 0.1) is 16.7 Å². The molecule has 8 heteroatoms. The Balaban J connectivity index is 0.00000169. The number of imidazole rings is 1.